The van der Waals surface area contributed by atoms with Gasteiger partial charge >= 0.3 is 0 Å². The van der Waals surface area contributed by atoms with E-state index in [1.165, 1.54) is 5.56 Å². The third-order valence-corrected chi connectivity index (χ3v) is 6.53. The molecule has 3 rings (SSSR count). The van der Waals surface area contributed by atoms with Gasteiger partial charge in [0.1, 0.15) is 0 Å². The van der Waals surface area contributed by atoms with Crippen LogP contribution in [0.15, 0.2) is 57.9 Å². The molecule has 1 saturated heterocycles. The lowest BCUT2D eigenvalue weighted by Gasteiger charge is -2.35. The number of sulfonamides is 1. The van der Waals surface area contributed by atoms with Gasteiger partial charge in [-0.25, -0.2) is 8.42 Å². The highest BCUT2D eigenvalue weighted by atomic mass is 79.9. The molecule has 23 heavy (non-hydrogen) atoms. The zero-order valence-corrected chi connectivity index (χ0v) is 15.3. The summed E-state index contributed by atoms with van der Waals surface area (Å²) in [7, 11) is -3.41. The van der Waals surface area contributed by atoms with Gasteiger partial charge in [0, 0.05) is 36.3 Å². The van der Waals surface area contributed by atoms with Crippen LogP contribution in [0.1, 0.15) is 5.56 Å². The first-order valence-electron chi connectivity index (χ1n) is 7.54. The minimum Gasteiger partial charge on any atom is -0.369 e. The van der Waals surface area contributed by atoms with Crippen LogP contribution in [0.4, 0.5) is 5.69 Å². The predicted molar refractivity (Wildman–Crippen MR) is 96.3 cm³/mol. The Labute approximate surface area is 145 Å². The fraction of sp³-hybridized carbons (Fsp3) is 0.294. The minimum absolute atomic E-state index is 0.351. The molecular formula is C17H19BrN2O2S. The van der Waals surface area contributed by atoms with Gasteiger partial charge in [-0.1, -0.05) is 33.6 Å². The number of nitrogens with zero attached hydrogens (tertiary/aromatic N) is 2. The summed E-state index contributed by atoms with van der Waals surface area (Å²) in [6.45, 7) is 4.49. The van der Waals surface area contributed by atoms with E-state index in [0.717, 1.165) is 10.2 Å². The van der Waals surface area contributed by atoms with E-state index in [1.54, 1.807) is 28.6 Å². The summed E-state index contributed by atoms with van der Waals surface area (Å²) < 4.78 is 27.8. The van der Waals surface area contributed by atoms with E-state index in [1.807, 2.05) is 0 Å². The summed E-state index contributed by atoms with van der Waals surface area (Å²) in [5.74, 6) is 0. The SMILES string of the molecule is Cc1ccc(N2CCN(S(=O)(=O)c3ccc(Br)cc3)CC2)cc1. The zero-order chi connectivity index (χ0) is 16.4. The summed E-state index contributed by atoms with van der Waals surface area (Å²) >= 11 is 3.33. The van der Waals surface area contributed by atoms with E-state index >= 15 is 0 Å². The van der Waals surface area contributed by atoms with Crippen LogP contribution in [0, 0.1) is 6.92 Å². The summed E-state index contributed by atoms with van der Waals surface area (Å²) in [5, 5.41) is 0. The van der Waals surface area contributed by atoms with Crippen molar-refractivity contribution in [3.63, 3.8) is 0 Å². The number of aryl methyl sites for hydroxylation is 1. The molecule has 4 nitrogen and oxygen atoms in total. The second-order valence-corrected chi connectivity index (χ2v) is 8.53. The molecule has 1 heterocycles. The van der Waals surface area contributed by atoms with E-state index in [0.29, 0.717) is 31.1 Å². The first kappa shape index (κ1) is 16.5. The average molecular weight is 395 g/mol. The summed E-state index contributed by atoms with van der Waals surface area (Å²) in [5.41, 5.74) is 2.38. The van der Waals surface area contributed by atoms with Crippen molar-refractivity contribution in [1.82, 2.24) is 4.31 Å². The van der Waals surface area contributed by atoms with Gasteiger partial charge < -0.3 is 4.90 Å². The Kier molecular flexibility index (Phi) is 4.75. The van der Waals surface area contributed by atoms with E-state index in [4.69, 9.17) is 0 Å². The maximum atomic E-state index is 12.7. The maximum absolute atomic E-state index is 12.7. The van der Waals surface area contributed by atoms with Crippen LogP contribution >= 0.6 is 15.9 Å². The molecule has 1 fully saturated rings. The highest BCUT2D eigenvalue weighted by Gasteiger charge is 2.28. The molecule has 0 radical (unpaired) electrons. The fourth-order valence-electron chi connectivity index (χ4n) is 2.70. The van der Waals surface area contributed by atoms with Gasteiger partial charge in [-0.05, 0) is 43.3 Å². The number of hydrogen-bond acceptors (Lipinski definition) is 3. The number of piperazine rings is 1. The van der Waals surface area contributed by atoms with Crippen molar-refractivity contribution in [3.8, 4) is 0 Å². The van der Waals surface area contributed by atoms with Crippen molar-refractivity contribution in [2.75, 3.05) is 31.1 Å². The molecule has 0 unspecified atom stereocenters. The van der Waals surface area contributed by atoms with Crippen molar-refractivity contribution < 1.29 is 8.42 Å². The Morgan fingerprint density at radius 1 is 0.870 bits per heavy atom. The number of hydrogen-bond donors (Lipinski definition) is 0. The Hall–Kier alpha value is -1.37. The molecule has 6 heteroatoms. The largest absolute Gasteiger partial charge is 0.369 e. The van der Waals surface area contributed by atoms with Gasteiger partial charge in [0.15, 0.2) is 0 Å². The quantitative estimate of drug-likeness (QED) is 0.801. The number of anilines is 1. The number of rotatable bonds is 3. The van der Waals surface area contributed by atoms with Crippen LogP contribution in [0.5, 0.6) is 0 Å². The molecule has 2 aromatic carbocycles. The highest BCUT2D eigenvalue weighted by molar-refractivity contribution is 9.10. The first-order chi connectivity index (χ1) is 11.0. The number of halogens is 1. The molecule has 0 saturated carbocycles. The molecule has 122 valence electrons. The summed E-state index contributed by atoms with van der Waals surface area (Å²) in [6.07, 6.45) is 0. The van der Waals surface area contributed by atoms with E-state index in [2.05, 4.69) is 52.0 Å². The average Bonchev–Trinajstić information content (AvgIpc) is 2.56. The van der Waals surface area contributed by atoms with E-state index < -0.39 is 10.0 Å². The monoisotopic (exact) mass is 394 g/mol. The number of benzene rings is 2. The van der Waals surface area contributed by atoms with Gasteiger partial charge in [0.2, 0.25) is 10.0 Å². The topological polar surface area (TPSA) is 40.6 Å². The third kappa shape index (κ3) is 3.59. The zero-order valence-electron chi connectivity index (χ0n) is 12.9. The highest BCUT2D eigenvalue weighted by Crippen LogP contribution is 2.22. The Morgan fingerprint density at radius 2 is 1.43 bits per heavy atom. The van der Waals surface area contributed by atoms with Crippen LogP contribution in [0.2, 0.25) is 0 Å². The first-order valence-corrected chi connectivity index (χ1v) is 9.77. The summed E-state index contributed by atoms with van der Waals surface area (Å²) in [4.78, 5) is 2.58. The van der Waals surface area contributed by atoms with Crippen LogP contribution in [-0.2, 0) is 10.0 Å². The van der Waals surface area contributed by atoms with Crippen molar-refractivity contribution in [3.05, 3.63) is 58.6 Å². The standard InChI is InChI=1S/C17H19BrN2O2S/c1-14-2-6-16(7-3-14)19-10-12-20(13-11-19)23(21,22)17-8-4-15(18)5-9-17/h2-9H,10-13H2,1H3. The second-order valence-electron chi connectivity index (χ2n) is 5.68. The van der Waals surface area contributed by atoms with Crippen molar-refractivity contribution in [2.24, 2.45) is 0 Å². The van der Waals surface area contributed by atoms with Crippen molar-refractivity contribution in [1.29, 1.82) is 0 Å². The molecule has 0 atom stereocenters. The molecule has 0 bridgehead atoms. The lowest BCUT2D eigenvalue weighted by Crippen LogP contribution is -2.48. The van der Waals surface area contributed by atoms with Gasteiger partial charge in [-0.2, -0.15) is 4.31 Å². The Bertz CT molecular complexity index is 765. The normalized spacial score (nSPS) is 16.5. The van der Waals surface area contributed by atoms with Gasteiger partial charge in [0.05, 0.1) is 4.90 Å². The smallest absolute Gasteiger partial charge is 0.243 e. The van der Waals surface area contributed by atoms with Crippen LogP contribution in [0.25, 0.3) is 0 Å². The molecule has 1 aliphatic heterocycles. The van der Waals surface area contributed by atoms with Crippen LogP contribution in [-0.4, -0.2) is 38.9 Å². The van der Waals surface area contributed by atoms with Crippen molar-refractivity contribution in [2.45, 2.75) is 11.8 Å². The molecule has 0 aliphatic carbocycles. The Balaban J connectivity index is 1.70. The summed E-state index contributed by atoms with van der Waals surface area (Å²) in [6, 6.07) is 15.2. The molecular weight excluding hydrogens is 376 g/mol. The fourth-order valence-corrected chi connectivity index (χ4v) is 4.38. The van der Waals surface area contributed by atoms with E-state index in [-0.39, 0.29) is 0 Å². The second kappa shape index (κ2) is 6.63. The van der Waals surface area contributed by atoms with E-state index in [9.17, 15) is 8.42 Å². The van der Waals surface area contributed by atoms with Crippen LogP contribution < -0.4 is 4.90 Å². The molecule has 1 aliphatic rings. The molecule has 2 aromatic rings. The van der Waals surface area contributed by atoms with Gasteiger partial charge in [-0.15, -0.1) is 0 Å². The van der Waals surface area contributed by atoms with Crippen molar-refractivity contribution >= 4 is 31.6 Å². The minimum atomic E-state index is -3.41. The molecule has 0 aromatic heterocycles. The third-order valence-electron chi connectivity index (χ3n) is 4.09. The molecule has 0 spiro atoms. The Morgan fingerprint density at radius 3 is 2.00 bits per heavy atom. The van der Waals surface area contributed by atoms with Gasteiger partial charge in [0.25, 0.3) is 0 Å². The molecule has 0 N–H and O–H groups in total. The molecule has 0 amide bonds. The predicted octanol–water partition coefficient (Wildman–Crippen LogP) is 3.27. The van der Waals surface area contributed by atoms with Gasteiger partial charge in [-0.3, -0.25) is 0 Å². The lowest BCUT2D eigenvalue weighted by atomic mass is 10.2. The van der Waals surface area contributed by atoms with Crippen LogP contribution in [0.3, 0.4) is 0 Å². The lowest BCUT2D eigenvalue weighted by molar-refractivity contribution is 0.385. The maximum Gasteiger partial charge on any atom is 0.243 e.